The number of benzene rings is 2. The van der Waals surface area contributed by atoms with Crippen molar-refractivity contribution >= 4 is 3.27 Å². The van der Waals surface area contributed by atoms with Gasteiger partial charge in [-0.15, -0.1) is 0 Å². The Morgan fingerprint density at radius 1 is 0.944 bits per heavy atom. The zero-order valence-corrected chi connectivity index (χ0v) is 14.1. The molecule has 0 saturated heterocycles. The minimum atomic E-state index is -1.32. The Bertz CT molecular complexity index is 624. The molecule has 1 heteroatoms. The van der Waals surface area contributed by atoms with Gasteiger partial charge in [0, 0.05) is 0 Å². The van der Waals surface area contributed by atoms with Crippen LogP contribution in [0.1, 0.15) is 22.3 Å². The number of rotatable bonds is 1. The van der Waals surface area contributed by atoms with Gasteiger partial charge in [-0.2, -0.15) is 0 Å². The summed E-state index contributed by atoms with van der Waals surface area (Å²) in [6.07, 6.45) is 1.16. The summed E-state index contributed by atoms with van der Waals surface area (Å²) in [5.41, 5.74) is 9.06. The van der Waals surface area contributed by atoms with Crippen molar-refractivity contribution in [1.82, 2.24) is 0 Å². The normalized spacial score (nSPS) is 12.2. The first kappa shape index (κ1) is 12.4. The van der Waals surface area contributed by atoms with Gasteiger partial charge in [-0.25, -0.2) is 0 Å². The number of hydrogen-bond acceptors (Lipinski definition) is 0. The standard InChI is InChI=1S/C15H13.2CH3.Zr/c1-10-3-5-14-12(7-10)9-13-8-11(2)4-6-15(13)14;;;/h3-7H,9H2,1-2H3;2*1H3;. The summed E-state index contributed by atoms with van der Waals surface area (Å²) in [5, 5.41) is 0. The molecule has 1 aliphatic carbocycles. The van der Waals surface area contributed by atoms with Gasteiger partial charge in [0.1, 0.15) is 0 Å². The van der Waals surface area contributed by atoms with Crippen LogP contribution in [0.15, 0.2) is 30.3 Å². The van der Waals surface area contributed by atoms with E-state index in [9.17, 15) is 0 Å². The number of aryl methyl sites for hydroxylation is 2. The van der Waals surface area contributed by atoms with E-state index in [1.807, 2.05) is 0 Å². The van der Waals surface area contributed by atoms with E-state index in [1.165, 1.54) is 27.8 Å². The molecule has 0 aliphatic heterocycles. The molecular weight excluding hydrogens is 295 g/mol. The maximum atomic E-state index is 2.50. The molecule has 3 rings (SSSR count). The second kappa shape index (κ2) is 4.46. The van der Waals surface area contributed by atoms with Gasteiger partial charge in [0.25, 0.3) is 0 Å². The zero-order chi connectivity index (χ0) is 12.9. The Morgan fingerprint density at radius 3 is 2.39 bits per heavy atom. The predicted molar refractivity (Wildman–Crippen MR) is 75.5 cm³/mol. The molecule has 91 valence electrons. The SMILES string of the molecule is Cc1ccc2c(c1)Cc1c-2ccc(C)[c]1[Zr]([CH3])[CH3]. The van der Waals surface area contributed by atoms with Crippen LogP contribution in [-0.2, 0) is 28.2 Å². The molecule has 0 radical (unpaired) electrons. The van der Waals surface area contributed by atoms with E-state index in [4.69, 9.17) is 0 Å². The zero-order valence-electron chi connectivity index (χ0n) is 11.6. The van der Waals surface area contributed by atoms with E-state index in [-0.39, 0.29) is 0 Å². The third-order valence-corrected chi connectivity index (χ3v) is 8.11. The first-order valence-corrected chi connectivity index (χ1v) is 12.8. The third kappa shape index (κ3) is 1.84. The average molecular weight is 315 g/mol. The summed E-state index contributed by atoms with van der Waals surface area (Å²) in [6, 6.07) is 11.6. The molecule has 0 aromatic heterocycles. The summed E-state index contributed by atoms with van der Waals surface area (Å²) in [4.78, 5) is 0. The van der Waals surface area contributed by atoms with Gasteiger partial charge in [0.15, 0.2) is 0 Å². The fourth-order valence-corrected chi connectivity index (χ4v) is 7.39. The minimum absolute atomic E-state index is 1.16. The molecule has 2 aromatic carbocycles. The van der Waals surface area contributed by atoms with Crippen LogP contribution in [0.5, 0.6) is 0 Å². The van der Waals surface area contributed by atoms with Crippen LogP contribution < -0.4 is 3.27 Å². The maximum absolute atomic E-state index is 2.50. The molecule has 0 N–H and O–H groups in total. The van der Waals surface area contributed by atoms with Crippen molar-refractivity contribution in [1.29, 1.82) is 0 Å². The van der Waals surface area contributed by atoms with Crippen molar-refractivity contribution in [2.45, 2.75) is 29.5 Å². The Labute approximate surface area is 118 Å². The summed E-state index contributed by atoms with van der Waals surface area (Å²) >= 11 is -1.32. The van der Waals surface area contributed by atoms with Gasteiger partial charge in [-0.05, 0) is 0 Å². The molecule has 1 aliphatic rings. The molecule has 0 bridgehead atoms. The van der Waals surface area contributed by atoms with Crippen molar-refractivity contribution in [3.63, 3.8) is 0 Å². The topological polar surface area (TPSA) is 0 Å². The Morgan fingerprint density at radius 2 is 1.67 bits per heavy atom. The van der Waals surface area contributed by atoms with E-state index >= 15 is 0 Å². The molecule has 18 heavy (non-hydrogen) atoms. The second-order valence-electron chi connectivity index (χ2n) is 5.62. The van der Waals surface area contributed by atoms with Gasteiger partial charge >= 0.3 is 118 Å². The van der Waals surface area contributed by atoms with Gasteiger partial charge in [-0.1, -0.05) is 0 Å². The van der Waals surface area contributed by atoms with Crippen molar-refractivity contribution in [3.8, 4) is 11.1 Å². The molecule has 0 atom stereocenters. The van der Waals surface area contributed by atoms with Crippen molar-refractivity contribution in [2.75, 3.05) is 0 Å². The van der Waals surface area contributed by atoms with Crippen LogP contribution in [0.25, 0.3) is 11.1 Å². The Kier molecular flexibility index (Phi) is 3.06. The van der Waals surface area contributed by atoms with Crippen LogP contribution in [0.3, 0.4) is 0 Å². The van der Waals surface area contributed by atoms with Crippen LogP contribution in [0, 0.1) is 13.8 Å². The average Bonchev–Trinajstić information content (AvgIpc) is 2.64. The van der Waals surface area contributed by atoms with Crippen molar-refractivity contribution in [3.05, 3.63) is 52.6 Å². The Hall–Kier alpha value is -0.677. The second-order valence-corrected chi connectivity index (χ2v) is 11.8. The summed E-state index contributed by atoms with van der Waals surface area (Å²) in [5.74, 6) is 0. The predicted octanol–water partition coefficient (Wildman–Crippen LogP) is 4.21. The molecule has 0 amide bonds. The number of fused-ring (bicyclic) bond motifs is 3. The quantitative estimate of drug-likeness (QED) is 0.631. The molecular formula is C17H19Zr. The van der Waals surface area contributed by atoms with Gasteiger partial charge < -0.3 is 0 Å². The van der Waals surface area contributed by atoms with Crippen molar-refractivity contribution < 1.29 is 21.8 Å². The van der Waals surface area contributed by atoms with E-state index in [0.717, 1.165) is 6.42 Å². The fraction of sp³-hybridized carbons (Fsp3) is 0.294. The molecule has 0 fully saturated rings. The van der Waals surface area contributed by atoms with E-state index in [0.29, 0.717) is 0 Å². The van der Waals surface area contributed by atoms with Crippen LogP contribution in [0.2, 0.25) is 9.26 Å². The monoisotopic (exact) mass is 313 g/mol. The molecule has 0 saturated carbocycles. The van der Waals surface area contributed by atoms with Crippen LogP contribution >= 0.6 is 0 Å². The van der Waals surface area contributed by atoms with Gasteiger partial charge in [-0.3, -0.25) is 0 Å². The molecule has 2 aromatic rings. The molecule has 0 spiro atoms. The summed E-state index contributed by atoms with van der Waals surface area (Å²) in [7, 11) is 0. The first-order valence-electron chi connectivity index (χ1n) is 6.61. The van der Waals surface area contributed by atoms with Crippen LogP contribution in [-0.4, -0.2) is 0 Å². The molecule has 0 unspecified atom stereocenters. The number of hydrogen-bond donors (Lipinski definition) is 0. The van der Waals surface area contributed by atoms with Crippen molar-refractivity contribution in [2.24, 2.45) is 0 Å². The van der Waals surface area contributed by atoms with Crippen LogP contribution in [0.4, 0.5) is 0 Å². The van der Waals surface area contributed by atoms with E-state index in [2.05, 4.69) is 53.4 Å². The van der Waals surface area contributed by atoms with E-state index < -0.39 is 21.8 Å². The third-order valence-electron chi connectivity index (χ3n) is 3.94. The first-order chi connectivity index (χ1) is 8.58. The fourth-order valence-electron chi connectivity index (χ4n) is 3.22. The van der Waals surface area contributed by atoms with E-state index in [1.54, 1.807) is 8.83 Å². The molecule has 0 nitrogen and oxygen atoms in total. The molecule has 0 heterocycles. The summed E-state index contributed by atoms with van der Waals surface area (Å²) < 4.78 is 6.75. The van der Waals surface area contributed by atoms with Gasteiger partial charge in [0.05, 0.1) is 0 Å². The Balaban J connectivity index is 2.25. The summed E-state index contributed by atoms with van der Waals surface area (Å²) in [6.45, 7) is 4.48. The van der Waals surface area contributed by atoms with Gasteiger partial charge in [0.2, 0.25) is 0 Å².